The highest BCUT2D eigenvalue weighted by molar-refractivity contribution is 6.37. The topological polar surface area (TPSA) is 23.0 Å². The molecule has 0 radical (unpaired) electrons. The van der Waals surface area contributed by atoms with E-state index in [2.05, 4.69) is 150 Å². The molecule has 7 aromatic carbocycles. The first-order valence-electron chi connectivity index (χ1n) is 15.1. The van der Waals surface area contributed by atoms with Crippen LogP contribution in [0.3, 0.4) is 0 Å². The molecule has 3 heteroatoms. The number of fused-ring (bicyclic) bond motifs is 13. The Morgan fingerprint density at radius 2 is 0.955 bits per heavy atom. The molecular weight excluding hydrogens is 536 g/mol. The maximum absolute atomic E-state index is 6.62. The van der Waals surface area contributed by atoms with Crippen LogP contribution in [0.1, 0.15) is 5.56 Å². The van der Waals surface area contributed by atoms with E-state index in [1.54, 1.807) is 0 Å². The Labute approximate surface area is 252 Å². The summed E-state index contributed by atoms with van der Waals surface area (Å²) in [4.78, 5) is 0. The van der Waals surface area contributed by atoms with Gasteiger partial charge >= 0.3 is 0 Å². The lowest BCUT2D eigenvalue weighted by atomic mass is 9.99. The highest BCUT2D eigenvalue weighted by Crippen LogP contribution is 2.47. The lowest BCUT2D eigenvalue weighted by molar-refractivity contribution is 0.666. The summed E-state index contributed by atoms with van der Waals surface area (Å²) >= 11 is 0. The summed E-state index contributed by atoms with van der Waals surface area (Å²) in [6.07, 6.45) is 0. The third-order valence-corrected chi connectivity index (χ3v) is 9.35. The van der Waals surface area contributed by atoms with E-state index in [9.17, 15) is 0 Å². The van der Waals surface area contributed by atoms with Crippen LogP contribution in [0.25, 0.3) is 87.7 Å². The predicted molar refractivity (Wildman–Crippen MR) is 185 cm³/mol. The maximum Gasteiger partial charge on any atom is 0.159 e. The first-order chi connectivity index (χ1) is 21.8. The van der Waals surface area contributed by atoms with E-state index in [1.165, 1.54) is 65.6 Å². The smallest absolute Gasteiger partial charge is 0.159 e. The van der Waals surface area contributed by atoms with E-state index in [1.807, 2.05) is 6.07 Å². The van der Waals surface area contributed by atoms with Gasteiger partial charge in [-0.3, -0.25) is 0 Å². The molecule has 206 valence electrons. The number of aryl methyl sites for hydroxylation is 1. The molecular formula is C41H26N2O. The van der Waals surface area contributed by atoms with Crippen molar-refractivity contribution in [1.29, 1.82) is 0 Å². The first-order valence-corrected chi connectivity index (χ1v) is 15.1. The minimum atomic E-state index is 0.905. The lowest BCUT2D eigenvalue weighted by Gasteiger charge is -2.13. The molecule has 0 spiro atoms. The predicted octanol–water partition coefficient (Wildman–Crippen LogP) is 11.2. The number of hydrogen-bond donors (Lipinski definition) is 0. The SMILES string of the molecule is Cc1ccc(-n2c3ccccc3c3c4c5ccccc5n(-c5cccc6c5oc5ccccc56)c4c4ccccc4c32)cc1. The highest BCUT2D eigenvalue weighted by Gasteiger charge is 2.25. The van der Waals surface area contributed by atoms with Gasteiger partial charge in [0.2, 0.25) is 0 Å². The van der Waals surface area contributed by atoms with Crippen LogP contribution >= 0.6 is 0 Å². The van der Waals surface area contributed by atoms with Gasteiger partial charge in [-0.15, -0.1) is 0 Å². The molecule has 0 unspecified atom stereocenters. The molecule has 3 aromatic heterocycles. The van der Waals surface area contributed by atoms with Crippen LogP contribution in [0.15, 0.2) is 144 Å². The van der Waals surface area contributed by atoms with Crippen LogP contribution in [-0.2, 0) is 0 Å². The monoisotopic (exact) mass is 562 g/mol. The van der Waals surface area contributed by atoms with Crippen molar-refractivity contribution in [3.05, 3.63) is 145 Å². The summed E-state index contributed by atoms with van der Waals surface area (Å²) in [5.74, 6) is 0. The summed E-state index contributed by atoms with van der Waals surface area (Å²) in [5, 5.41) is 9.75. The van der Waals surface area contributed by atoms with Gasteiger partial charge in [-0.05, 0) is 43.3 Å². The summed E-state index contributed by atoms with van der Waals surface area (Å²) < 4.78 is 11.5. The number of rotatable bonds is 2. The number of nitrogens with zero attached hydrogens (tertiary/aromatic N) is 2. The summed E-state index contributed by atoms with van der Waals surface area (Å²) in [7, 11) is 0. The normalized spacial score (nSPS) is 12.2. The molecule has 0 saturated heterocycles. The molecule has 0 atom stereocenters. The van der Waals surface area contributed by atoms with Crippen LogP contribution in [-0.4, -0.2) is 9.13 Å². The second-order valence-corrected chi connectivity index (χ2v) is 11.8. The van der Waals surface area contributed by atoms with E-state index in [0.29, 0.717) is 0 Å². The standard InChI is InChI=1S/C41H26N2O/c1-25-21-23-26(24-22-25)42-33-17-7-4-14-31(33)37-38-32-15-5-8-18-34(32)43(40(38)29-13-3-2-12-28(29)39(37)42)35-19-10-16-30-27-11-6-9-20-36(27)44-41(30)35/h2-24H,1H3. The molecule has 0 saturated carbocycles. The van der Waals surface area contributed by atoms with Crippen LogP contribution in [0.2, 0.25) is 0 Å². The third kappa shape index (κ3) is 3.00. The van der Waals surface area contributed by atoms with Gasteiger partial charge in [0, 0.05) is 48.8 Å². The van der Waals surface area contributed by atoms with E-state index in [4.69, 9.17) is 4.42 Å². The zero-order valence-corrected chi connectivity index (χ0v) is 24.1. The fraction of sp³-hybridized carbons (Fsp3) is 0.0244. The molecule has 0 amide bonds. The van der Waals surface area contributed by atoms with E-state index in [0.717, 1.165) is 27.6 Å². The van der Waals surface area contributed by atoms with Crippen molar-refractivity contribution in [3.63, 3.8) is 0 Å². The molecule has 0 N–H and O–H groups in total. The number of furan rings is 1. The van der Waals surface area contributed by atoms with Crippen LogP contribution in [0.4, 0.5) is 0 Å². The molecule has 3 nitrogen and oxygen atoms in total. The molecule has 0 fully saturated rings. The van der Waals surface area contributed by atoms with Gasteiger partial charge in [-0.25, -0.2) is 0 Å². The van der Waals surface area contributed by atoms with Gasteiger partial charge in [0.15, 0.2) is 5.58 Å². The second-order valence-electron chi connectivity index (χ2n) is 11.8. The van der Waals surface area contributed by atoms with E-state index in [-0.39, 0.29) is 0 Å². The van der Waals surface area contributed by atoms with Crippen molar-refractivity contribution in [3.8, 4) is 11.4 Å². The van der Waals surface area contributed by atoms with Gasteiger partial charge in [0.05, 0.1) is 27.8 Å². The average Bonchev–Trinajstić information content (AvgIpc) is 3.74. The van der Waals surface area contributed by atoms with Gasteiger partial charge < -0.3 is 13.6 Å². The summed E-state index contributed by atoms with van der Waals surface area (Å²) in [5.41, 5.74) is 10.1. The van der Waals surface area contributed by atoms with Crippen molar-refractivity contribution in [2.45, 2.75) is 6.92 Å². The van der Waals surface area contributed by atoms with Gasteiger partial charge in [-0.2, -0.15) is 0 Å². The largest absolute Gasteiger partial charge is 0.454 e. The summed E-state index contributed by atoms with van der Waals surface area (Å²) in [6.45, 7) is 2.14. The number of aromatic nitrogens is 2. The fourth-order valence-electron chi connectivity index (χ4n) is 7.51. The summed E-state index contributed by atoms with van der Waals surface area (Å²) in [6, 6.07) is 50.3. The Kier molecular flexibility index (Phi) is 4.65. The van der Waals surface area contributed by atoms with Crippen LogP contribution < -0.4 is 0 Å². The Morgan fingerprint density at radius 3 is 1.64 bits per heavy atom. The van der Waals surface area contributed by atoms with Crippen LogP contribution in [0.5, 0.6) is 0 Å². The Bertz CT molecular complexity index is 2770. The average molecular weight is 563 g/mol. The maximum atomic E-state index is 6.62. The Balaban J connectivity index is 1.49. The van der Waals surface area contributed by atoms with Gasteiger partial charge in [-0.1, -0.05) is 109 Å². The zero-order chi connectivity index (χ0) is 28.9. The van der Waals surface area contributed by atoms with Gasteiger partial charge in [0.1, 0.15) is 5.58 Å². The number of benzene rings is 7. The van der Waals surface area contributed by atoms with Gasteiger partial charge in [0.25, 0.3) is 0 Å². The fourth-order valence-corrected chi connectivity index (χ4v) is 7.51. The Hall–Kier alpha value is -5.80. The third-order valence-electron chi connectivity index (χ3n) is 9.35. The van der Waals surface area contributed by atoms with Crippen molar-refractivity contribution < 1.29 is 4.42 Å². The molecule has 0 aliphatic carbocycles. The number of para-hydroxylation sites is 4. The minimum Gasteiger partial charge on any atom is -0.454 e. The second kappa shape index (κ2) is 8.62. The van der Waals surface area contributed by atoms with E-state index >= 15 is 0 Å². The van der Waals surface area contributed by atoms with Crippen molar-refractivity contribution in [1.82, 2.24) is 9.13 Å². The molecule has 0 aliphatic heterocycles. The van der Waals surface area contributed by atoms with Crippen molar-refractivity contribution in [2.75, 3.05) is 0 Å². The quantitative estimate of drug-likeness (QED) is 0.205. The molecule has 0 bridgehead atoms. The Morgan fingerprint density at radius 1 is 0.432 bits per heavy atom. The zero-order valence-electron chi connectivity index (χ0n) is 24.1. The minimum absolute atomic E-state index is 0.905. The number of hydrogen-bond acceptors (Lipinski definition) is 1. The molecule has 3 heterocycles. The van der Waals surface area contributed by atoms with Crippen LogP contribution in [0, 0.1) is 6.92 Å². The lowest BCUT2D eigenvalue weighted by Crippen LogP contribution is -1.97. The molecule has 0 aliphatic rings. The highest BCUT2D eigenvalue weighted by atomic mass is 16.3. The van der Waals surface area contributed by atoms with Crippen molar-refractivity contribution in [2.24, 2.45) is 0 Å². The molecule has 10 aromatic rings. The van der Waals surface area contributed by atoms with E-state index < -0.39 is 0 Å². The van der Waals surface area contributed by atoms with Crippen molar-refractivity contribution >= 4 is 76.3 Å². The molecule has 44 heavy (non-hydrogen) atoms. The first kappa shape index (κ1) is 23.7. The molecule has 10 rings (SSSR count).